The van der Waals surface area contributed by atoms with Crippen molar-refractivity contribution in [1.82, 2.24) is 4.90 Å². The van der Waals surface area contributed by atoms with E-state index in [0.717, 1.165) is 15.3 Å². The van der Waals surface area contributed by atoms with Gasteiger partial charge in [-0.25, -0.2) is 14.4 Å². The number of benzene rings is 3. The Hall–Kier alpha value is -4.88. The molecule has 0 radical (unpaired) electrons. The highest BCUT2D eigenvalue weighted by Gasteiger charge is 2.33. The zero-order valence-corrected chi connectivity index (χ0v) is 29.4. The van der Waals surface area contributed by atoms with Crippen LogP contribution in [0.3, 0.4) is 0 Å². The maximum Gasteiger partial charge on any atom is 0.410 e. The van der Waals surface area contributed by atoms with Crippen molar-refractivity contribution in [2.75, 3.05) is 24.3 Å². The van der Waals surface area contributed by atoms with E-state index in [4.69, 9.17) is 9.47 Å². The summed E-state index contributed by atoms with van der Waals surface area (Å²) in [6.45, 7) is 7.88. The first-order valence-electron chi connectivity index (χ1n) is 15.6. The van der Waals surface area contributed by atoms with Gasteiger partial charge in [0.1, 0.15) is 10.6 Å². The van der Waals surface area contributed by atoms with Gasteiger partial charge in [0, 0.05) is 33.0 Å². The predicted octanol–water partition coefficient (Wildman–Crippen LogP) is 7.44. The lowest BCUT2D eigenvalue weighted by Crippen LogP contribution is -2.39. The molecule has 0 fully saturated rings. The summed E-state index contributed by atoms with van der Waals surface area (Å²) in [5, 5.41) is 16.3. The van der Waals surface area contributed by atoms with Gasteiger partial charge in [0.25, 0.3) is 5.91 Å². The standard InChI is InChI=1S/C36H37N3O8S2/c1-6-26(31(41)38-32-29(34(44)46-5)23-16-17-39(19-27(23)49-32)35(45)47-36(2,3)4)48-22-13-9-12-21(18-22)37-30(40)24-14-7-10-20-11-8-15-25(28(20)24)33(42)43/h7-15,18,26H,6,16-17,19H2,1-5H3,(H,37,40)(H,38,41)(H,42,43). The van der Waals surface area contributed by atoms with Crippen LogP contribution >= 0.6 is 23.1 Å². The molecule has 0 bridgehead atoms. The number of thiophene rings is 1. The van der Waals surface area contributed by atoms with Gasteiger partial charge in [-0.15, -0.1) is 23.1 Å². The first-order chi connectivity index (χ1) is 23.3. The Morgan fingerprint density at radius 3 is 2.35 bits per heavy atom. The second-order valence-electron chi connectivity index (χ2n) is 12.4. The number of hydrogen-bond acceptors (Lipinski definition) is 9. The Balaban J connectivity index is 1.32. The molecule has 1 atom stereocenters. The van der Waals surface area contributed by atoms with E-state index in [-0.39, 0.29) is 23.6 Å². The molecule has 49 heavy (non-hydrogen) atoms. The number of thioether (sulfide) groups is 1. The van der Waals surface area contributed by atoms with E-state index in [0.29, 0.717) is 46.4 Å². The molecule has 1 aliphatic rings. The smallest absolute Gasteiger partial charge is 0.410 e. The Bertz CT molecular complexity index is 1940. The van der Waals surface area contributed by atoms with E-state index < -0.39 is 34.8 Å². The van der Waals surface area contributed by atoms with Crippen LogP contribution in [0.2, 0.25) is 0 Å². The molecule has 4 aromatic rings. The van der Waals surface area contributed by atoms with Gasteiger partial charge in [-0.1, -0.05) is 37.3 Å². The molecule has 11 nitrogen and oxygen atoms in total. The number of nitrogens with one attached hydrogen (secondary N) is 2. The minimum atomic E-state index is -1.13. The van der Waals surface area contributed by atoms with Gasteiger partial charge >= 0.3 is 18.0 Å². The minimum absolute atomic E-state index is 0.0340. The van der Waals surface area contributed by atoms with Gasteiger partial charge in [0.2, 0.25) is 5.91 Å². The predicted molar refractivity (Wildman–Crippen MR) is 190 cm³/mol. The van der Waals surface area contributed by atoms with Gasteiger partial charge in [-0.3, -0.25) is 9.59 Å². The van der Waals surface area contributed by atoms with Gasteiger partial charge in [0.15, 0.2) is 0 Å². The number of rotatable bonds is 9. The normalized spacial score (nSPS) is 13.3. The van der Waals surface area contributed by atoms with Crippen molar-refractivity contribution in [1.29, 1.82) is 0 Å². The van der Waals surface area contributed by atoms with Crippen LogP contribution in [0.5, 0.6) is 0 Å². The number of carboxylic acid groups (broad SMARTS) is 1. The van der Waals surface area contributed by atoms with Crippen LogP contribution < -0.4 is 10.6 Å². The number of hydrogen-bond donors (Lipinski definition) is 3. The van der Waals surface area contributed by atoms with Crippen molar-refractivity contribution in [3.8, 4) is 0 Å². The average Bonchev–Trinajstić information content (AvgIpc) is 3.42. The Labute approximate surface area is 292 Å². The van der Waals surface area contributed by atoms with E-state index in [1.165, 1.54) is 36.3 Å². The molecule has 1 aliphatic heterocycles. The largest absolute Gasteiger partial charge is 0.478 e. The molecule has 0 spiro atoms. The van der Waals surface area contributed by atoms with Crippen LogP contribution in [0, 0.1) is 0 Å². The van der Waals surface area contributed by atoms with Crippen molar-refractivity contribution in [2.24, 2.45) is 0 Å². The van der Waals surface area contributed by atoms with Crippen molar-refractivity contribution in [2.45, 2.75) is 62.8 Å². The number of esters is 1. The highest BCUT2D eigenvalue weighted by Crippen LogP contribution is 2.39. The molecule has 256 valence electrons. The quantitative estimate of drug-likeness (QED) is 0.119. The number of ether oxygens (including phenoxy) is 2. The summed E-state index contributed by atoms with van der Waals surface area (Å²) in [5.74, 6) is -2.47. The Morgan fingerprint density at radius 2 is 1.69 bits per heavy atom. The van der Waals surface area contributed by atoms with Crippen LogP contribution in [-0.2, 0) is 27.2 Å². The number of carbonyl (C=O) groups is 5. The van der Waals surface area contributed by atoms with Crippen LogP contribution in [0.25, 0.3) is 10.8 Å². The van der Waals surface area contributed by atoms with Gasteiger partial charge in [-0.2, -0.15) is 0 Å². The number of anilines is 2. The van der Waals surface area contributed by atoms with Crippen molar-refractivity contribution >= 4 is 74.4 Å². The third-order valence-corrected chi connectivity index (χ3v) is 10.2. The summed E-state index contributed by atoms with van der Waals surface area (Å²) >= 11 is 2.55. The number of methoxy groups -OCH3 is 1. The number of carboxylic acids is 1. The van der Waals surface area contributed by atoms with Gasteiger partial charge < -0.3 is 30.1 Å². The van der Waals surface area contributed by atoms with E-state index in [1.54, 1.807) is 74.2 Å². The molecule has 1 unspecified atom stereocenters. The lowest BCUT2D eigenvalue weighted by Gasteiger charge is -2.30. The van der Waals surface area contributed by atoms with Crippen LogP contribution in [0.1, 0.15) is 75.6 Å². The van der Waals surface area contributed by atoms with Gasteiger partial charge in [-0.05, 0) is 74.9 Å². The number of amides is 3. The minimum Gasteiger partial charge on any atom is -0.478 e. The van der Waals surface area contributed by atoms with Gasteiger partial charge in [0.05, 0.1) is 30.0 Å². The molecule has 0 saturated heterocycles. The third-order valence-electron chi connectivity index (χ3n) is 7.75. The van der Waals surface area contributed by atoms with Crippen molar-refractivity contribution < 1.29 is 38.6 Å². The van der Waals surface area contributed by atoms with E-state index >= 15 is 0 Å². The SMILES string of the molecule is CCC(Sc1cccc(NC(=O)c2cccc3cccc(C(=O)O)c23)c1)C(=O)Nc1sc2c(c1C(=O)OC)CCN(C(=O)OC(C)(C)C)C2. The molecule has 3 amide bonds. The molecular weight excluding hydrogens is 667 g/mol. The van der Waals surface area contributed by atoms with Crippen LogP contribution in [0.15, 0.2) is 65.6 Å². The second kappa shape index (κ2) is 14.7. The Morgan fingerprint density at radius 1 is 1.00 bits per heavy atom. The van der Waals surface area contributed by atoms with E-state index in [1.807, 2.05) is 13.0 Å². The second-order valence-corrected chi connectivity index (χ2v) is 14.7. The maximum absolute atomic E-state index is 13.6. The molecule has 3 N–H and O–H groups in total. The molecule has 13 heteroatoms. The molecular formula is C36H37N3O8S2. The lowest BCUT2D eigenvalue weighted by atomic mass is 9.98. The average molecular weight is 704 g/mol. The van der Waals surface area contributed by atoms with E-state index in [9.17, 15) is 29.1 Å². The van der Waals surface area contributed by atoms with Crippen LogP contribution in [-0.4, -0.2) is 64.4 Å². The lowest BCUT2D eigenvalue weighted by molar-refractivity contribution is -0.115. The molecule has 2 heterocycles. The molecule has 3 aromatic carbocycles. The topological polar surface area (TPSA) is 151 Å². The number of nitrogens with zero attached hydrogens (tertiary/aromatic N) is 1. The summed E-state index contributed by atoms with van der Waals surface area (Å²) in [5.41, 5.74) is 1.13. The first-order valence-corrected chi connectivity index (χ1v) is 17.3. The van der Waals surface area contributed by atoms with E-state index in [2.05, 4.69) is 10.6 Å². The Kier molecular flexibility index (Phi) is 10.6. The van der Waals surface area contributed by atoms with Crippen molar-refractivity contribution in [3.63, 3.8) is 0 Å². The fraction of sp³-hybridized carbons (Fsp3) is 0.306. The monoisotopic (exact) mass is 703 g/mol. The summed E-state index contributed by atoms with van der Waals surface area (Å²) in [7, 11) is 1.29. The summed E-state index contributed by atoms with van der Waals surface area (Å²) in [6.07, 6.45) is 0.429. The summed E-state index contributed by atoms with van der Waals surface area (Å²) in [6, 6.07) is 16.9. The first kappa shape index (κ1) is 35.4. The molecule has 0 aliphatic carbocycles. The summed E-state index contributed by atoms with van der Waals surface area (Å²) in [4.78, 5) is 67.6. The van der Waals surface area contributed by atoms with Crippen LogP contribution in [0.4, 0.5) is 15.5 Å². The molecule has 0 saturated carbocycles. The fourth-order valence-corrected chi connectivity index (χ4v) is 7.79. The number of aromatic carboxylic acids is 1. The summed E-state index contributed by atoms with van der Waals surface area (Å²) < 4.78 is 10.6. The highest BCUT2D eigenvalue weighted by atomic mass is 32.2. The zero-order chi connectivity index (χ0) is 35.5. The molecule has 1 aromatic heterocycles. The zero-order valence-electron chi connectivity index (χ0n) is 27.7. The fourth-order valence-electron chi connectivity index (χ4n) is 5.52. The highest BCUT2D eigenvalue weighted by molar-refractivity contribution is 8.00. The number of carbonyl (C=O) groups excluding carboxylic acids is 4. The maximum atomic E-state index is 13.6. The third kappa shape index (κ3) is 8.06. The number of fused-ring (bicyclic) bond motifs is 2. The molecule has 5 rings (SSSR count). The van der Waals surface area contributed by atoms with Crippen molar-refractivity contribution in [3.05, 3.63) is 87.8 Å².